The number of halogens is 2. The first-order valence-corrected chi connectivity index (χ1v) is 5.94. The van der Waals surface area contributed by atoms with Crippen molar-refractivity contribution >= 4 is 33.0 Å². The van der Waals surface area contributed by atoms with Crippen LogP contribution < -0.4 is 11.1 Å². The normalized spacial score (nSPS) is 10.3. The van der Waals surface area contributed by atoms with E-state index in [-0.39, 0.29) is 5.82 Å². The van der Waals surface area contributed by atoms with E-state index >= 15 is 0 Å². The highest BCUT2D eigenvalue weighted by Gasteiger charge is 2.04. The van der Waals surface area contributed by atoms with Crippen LogP contribution in [0.3, 0.4) is 0 Å². The third-order valence-corrected chi connectivity index (χ3v) is 3.10. The monoisotopic (exact) mass is 294 g/mol. The first kappa shape index (κ1) is 11.9. The van der Waals surface area contributed by atoms with Crippen LogP contribution >= 0.6 is 15.9 Å². The summed E-state index contributed by atoms with van der Waals surface area (Å²) in [7, 11) is 0. The summed E-state index contributed by atoms with van der Waals surface area (Å²) < 4.78 is 13.9. The van der Waals surface area contributed by atoms with E-state index in [1.165, 1.54) is 12.1 Å². The Balaban J connectivity index is 2.34. The van der Waals surface area contributed by atoms with Crippen LogP contribution in [0.4, 0.5) is 21.5 Å². The standard InChI is InChI=1S/C13H12BrFN2/c1-8-2-5-12(11(16)6-8)17-13-7-9(15)3-4-10(13)14/h2-7,17H,16H2,1H3. The molecule has 0 saturated carbocycles. The number of benzene rings is 2. The largest absolute Gasteiger partial charge is 0.397 e. The van der Waals surface area contributed by atoms with Crippen molar-refractivity contribution in [2.75, 3.05) is 11.1 Å². The van der Waals surface area contributed by atoms with Crippen LogP contribution in [0, 0.1) is 12.7 Å². The molecule has 2 aromatic rings. The van der Waals surface area contributed by atoms with E-state index in [2.05, 4.69) is 21.2 Å². The molecule has 0 spiro atoms. The highest BCUT2D eigenvalue weighted by atomic mass is 79.9. The summed E-state index contributed by atoms with van der Waals surface area (Å²) in [5, 5.41) is 3.10. The lowest BCUT2D eigenvalue weighted by atomic mass is 10.2. The first-order chi connectivity index (χ1) is 8.06. The van der Waals surface area contributed by atoms with Gasteiger partial charge in [-0.3, -0.25) is 0 Å². The Morgan fingerprint density at radius 2 is 1.88 bits per heavy atom. The van der Waals surface area contributed by atoms with Crippen LogP contribution in [0.5, 0.6) is 0 Å². The molecule has 2 rings (SSSR count). The smallest absolute Gasteiger partial charge is 0.125 e. The van der Waals surface area contributed by atoms with Gasteiger partial charge in [-0.1, -0.05) is 6.07 Å². The maximum atomic E-state index is 13.1. The minimum absolute atomic E-state index is 0.290. The molecule has 0 bridgehead atoms. The summed E-state index contributed by atoms with van der Waals surface area (Å²) in [5.41, 5.74) is 9.03. The van der Waals surface area contributed by atoms with Gasteiger partial charge in [-0.05, 0) is 58.7 Å². The quantitative estimate of drug-likeness (QED) is 0.814. The Morgan fingerprint density at radius 3 is 2.59 bits per heavy atom. The maximum Gasteiger partial charge on any atom is 0.125 e. The lowest BCUT2D eigenvalue weighted by Gasteiger charge is -2.11. The highest BCUT2D eigenvalue weighted by molar-refractivity contribution is 9.10. The van der Waals surface area contributed by atoms with Crippen molar-refractivity contribution in [3.05, 3.63) is 52.3 Å². The van der Waals surface area contributed by atoms with Crippen LogP contribution in [0.25, 0.3) is 0 Å². The minimum atomic E-state index is -0.290. The predicted octanol–water partition coefficient (Wildman–Crippen LogP) is 4.22. The van der Waals surface area contributed by atoms with Gasteiger partial charge in [0.25, 0.3) is 0 Å². The molecule has 0 saturated heterocycles. The maximum absolute atomic E-state index is 13.1. The minimum Gasteiger partial charge on any atom is -0.397 e. The highest BCUT2D eigenvalue weighted by Crippen LogP contribution is 2.29. The van der Waals surface area contributed by atoms with Gasteiger partial charge in [0.1, 0.15) is 5.82 Å². The molecule has 0 unspecified atom stereocenters. The molecule has 2 aromatic carbocycles. The second-order valence-corrected chi connectivity index (χ2v) is 4.69. The van der Waals surface area contributed by atoms with E-state index in [0.29, 0.717) is 11.4 Å². The summed E-state index contributed by atoms with van der Waals surface area (Å²) in [4.78, 5) is 0. The molecule has 0 aromatic heterocycles. The van der Waals surface area contributed by atoms with Crippen molar-refractivity contribution in [3.8, 4) is 0 Å². The number of nitrogen functional groups attached to an aromatic ring is 1. The van der Waals surface area contributed by atoms with Crippen molar-refractivity contribution in [2.24, 2.45) is 0 Å². The molecule has 0 aliphatic carbocycles. The van der Waals surface area contributed by atoms with Gasteiger partial charge < -0.3 is 11.1 Å². The van der Waals surface area contributed by atoms with E-state index in [1.807, 2.05) is 25.1 Å². The first-order valence-electron chi connectivity index (χ1n) is 5.14. The molecule has 0 amide bonds. The molecule has 4 heteroatoms. The van der Waals surface area contributed by atoms with Gasteiger partial charge in [0.2, 0.25) is 0 Å². The van der Waals surface area contributed by atoms with Crippen LogP contribution in [0.1, 0.15) is 5.56 Å². The topological polar surface area (TPSA) is 38.0 Å². The SMILES string of the molecule is Cc1ccc(Nc2cc(F)ccc2Br)c(N)c1. The van der Waals surface area contributed by atoms with E-state index in [4.69, 9.17) is 5.73 Å². The van der Waals surface area contributed by atoms with Crippen molar-refractivity contribution in [3.63, 3.8) is 0 Å². The third-order valence-electron chi connectivity index (χ3n) is 2.40. The van der Waals surface area contributed by atoms with E-state index in [9.17, 15) is 4.39 Å². The Hall–Kier alpha value is -1.55. The number of hydrogen-bond donors (Lipinski definition) is 2. The second-order valence-electron chi connectivity index (χ2n) is 3.84. The molecule has 0 aliphatic rings. The lowest BCUT2D eigenvalue weighted by molar-refractivity contribution is 0.628. The summed E-state index contributed by atoms with van der Waals surface area (Å²) in [5.74, 6) is -0.290. The van der Waals surface area contributed by atoms with Gasteiger partial charge in [0, 0.05) is 4.47 Å². The second kappa shape index (κ2) is 4.75. The summed E-state index contributed by atoms with van der Waals surface area (Å²) >= 11 is 3.36. The van der Waals surface area contributed by atoms with E-state index < -0.39 is 0 Å². The predicted molar refractivity (Wildman–Crippen MR) is 73.0 cm³/mol. The molecule has 0 atom stereocenters. The zero-order chi connectivity index (χ0) is 12.4. The van der Waals surface area contributed by atoms with Crippen LogP contribution in [0.15, 0.2) is 40.9 Å². The Morgan fingerprint density at radius 1 is 1.12 bits per heavy atom. The van der Waals surface area contributed by atoms with Gasteiger partial charge >= 0.3 is 0 Å². The van der Waals surface area contributed by atoms with Gasteiger partial charge in [0.05, 0.1) is 17.1 Å². The van der Waals surface area contributed by atoms with Gasteiger partial charge in [-0.2, -0.15) is 0 Å². The third kappa shape index (κ3) is 2.77. The number of anilines is 3. The number of rotatable bonds is 2. The zero-order valence-corrected chi connectivity index (χ0v) is 10.9. The molecule has 0 aliphatic heterocycles. The molecule has 0 heterocycles. The van der Waals surface area contributed by atoms with Gasteiger partial charge in [-0.15, -0.1) is 0 Å². The average Bonchev–Trinajstić information content (AvgIpc) is 2.27. The van der Waals surface area contributed by atoms with Gasteiger partial charge in [0.15, 0.2) is 0 Å². The van der Waals surface area contributed by atoms with E-state index in [0.717, 1.165) is 15.7 Å². The summed E-state index contributed by atoms with van der Waals surface area (Å²) in [6.45, 7) is 1.97. The molecular formula is C13H12BrFN2. The Labute approximate surface area is 108 Å². The van der Waals surface area contributed by atoms with Crippen molar-refractivity contribution in [1.82, 2.24) is 0 Å². The lowest BCUT2D eigenvalue weighted by Crippen LogP contribution is -1.97. The van der Waals surface area contributed by atoms with Crippen molar-refractivity contribution < 1.29 is 4.39 Å². The Bertz CT molecular complexity index is 555. The van der Waals surface area contributed by atoms with Crippen LogP contribution in [-0.2, 0) is 0 Å². The fourth-order valence-electron chi connectivity index (χ4n) is 1.53. The van der Waals surface area contributed by atoms with E-state index in [1.54, 1.807) is 6.07 Å². The van der Waals surface area contributed by atoms with Crippen LogP contribution in [0.2, 0.25) is 0 Å². The molecular weight excluding hydrogens is 283 g/mol. The molecule has 88 valence electrons. The summed E-state index contributed by atoms with van der Waals surface area (Å²) in [6.07, 6.45) is 0. The molecule has 2 nitrogen and oxygen atoms in total. The van der Waals surface area contributed by atoms with Crippen molar-refractivity contribution in [2.45, 2.75) is 6.92 Å². The fourth-order valence-corrected chi connectivity index (χ4v) is 1.88. The molecule has 17 heavy (non-hydrogen) atoms. The van der Waals surface area contributed by atoms with Crippen LogP contribution in [-0.4, -0.2) is 0 Å². The number of hydrogen-bond acceptors (Lipinski definition) is 2. The van der Waals surface area contributed by atoms with Crippen molar-refractivity contribution in [1.29, 1.82) is 0 Å². The molecule has 0 radical (unpaired) electrons. The molecule has 0 fully saturated rings. The number of aryl methyl sites for hydroxylation is 1. The zero-order valence-electron chi connectivity index (χ0n) is 9.30. The number of nitrogens with two attached hydrogens (primary N) is 1. The Kier molecular flexibility index (Phi) is 3.33. The number of nitrogens with one attached hydrogen (secondary N) is 1. The average molecular weight is 295 g/mol. The molecule has 3 N–H and O–H groups in total. The van der Waals surface area contributed by atoms with Gasteiger partial charge in [-0.25, -0.2) is 4.39 Å². The fraction of sp³-hybridized carbons (Fsp3) is 0.0769. The summed E-state index contributed by atoms with van der Waals surface area (Å²) in [6, 6.07) is 10.2.